The number of aliphatic hydroxyl groups is 1. The van der Waals surface area contributed by atoms with Crippen LogP contribution in [-0.2, 0) is 0 Å². The number of hydrogen-bond donors (Lipinski definition) is 1. The van der Waals surface area contributed by atoms with Crippen molar-refractivity contribution in [3.63, 3.8) is 0 Å². The molecule has 3 unspecified atom stereocenters. The zero-order valence-electron chi connectivity index (χ0n) is 20.9. The fourth-order valence-corrected chi connectivity index (χ4v) is 7.17. The Morgan fingerprint density at radius 3 is 1.86 bits per heavy atom. The molecule has 0 aromatic heterocycles. The molecule has 0 saturated carbocycles. The van der Waals surface area contributed by atoms with Gasteiger partial charge in [0.2, 0.25) is 0 Å². The molecule has 1 nitrogen and oxygen atoms in total. The molecule has 0 heterocycles. The van der Waals surface area contributed by atoms with E-state index in [2.05, 4.69) is 81.4 Å². The number of aliphatic hydroxyl groups excluding tert-OH is 1. The van der Waals surface area contributed by atoms with Gasteiger partial charge in [0.1, 0.15) is 0 Å². The van der Waals surface area contributed by atoms with E-state index in [1.807, 2.05) is 0 Å². The van der Waals surface area contributed by atoms with E-state index in [0.717, 1.165) is 18.8 Å². The monoisotopic (exact) mass is 398 g/mol. The molecule has 0 saturated heterocycles. The molecule has 4 rings (SSSR count). The van der Waals surface area contributed by atoms with Gasteiger partial charge in [-0.3, -0.25) is 0 Å². The van der Waals surface area contributed by atoms with Crippen LogP contribution in [-0.4, -0.2) is 11.2 Å². The Balaban J connectivity index is 0.000000166. The van der Waals surface area contributed by atoms with Crippen molar-refractivity contribution >= 4 is 0 Å². The first-order chi connectivity index (χ1) is 13.2. The van der Waals surface area contributed by atoms with Gasteiger partial charge in [-0.25, -0.2) is 0 Å². The maximum Gasteiger partial charge on any atom is 0.0758 e. The predicted octanol–water partition coefficient (Wildman–Crippen LogP) is 7.87. The van der Waals surface area contributed by atoms with Gasteiger partial charge in [0.25, 0.3) is 0 Å². The maximum absolute atomic E-state index is 10.2. The first-order valence-corrected chi connectivity index (χ1v) is 12.0. The fraction of sp³-hybridized carbons (Fsp3) is 0.786. The van der Waals surface area contributed by atoms with E-state index in [1.165, 1.54) is 24.8 Å². The van der Waals surface area contributed by atoms with Crippen LogP contribution in [0.5, 0.6) is 0 Å². The molecule has 4 aliphatic rings. The number of allylic oxidation sites excluding steroid dienone is 5. The molecule has 0 aromatic carbocycles. The quantitative estimate of drug-likeness (QED) is 0.412. The molecule has 0 fully saturated rings. The Bertz CT molecular complexity index is 753. The number of rotatable bonds is 0. The highest BCUT2D eigenvalue weighted by Gasteiger charge is 2.52. The van der Waals surface area contributed by atoms with Gasteiger partial charge in [0, 0.05) is 0 Å². The minimum atomic E-state index is -0.173. The van der Waals surface area contributed by atoms with Crippen LogP contribution in [0.2, 0.25) is 0 Å². The van der Waals surface area contributed by atoms with Crippen LogP contribution in [0.1, 0.15) is 101 Å². The smallest absolute Gasteiger partial charge is 0.0758 e. The highest BCUT2D eigenvalue weighted by atomic mass is 16.3. The zero-order valence-corrected chi connectivity index (χ0v) is 20.9. The standard InChI is InChI=1S/C14H24O.C14H22/c1-9-13(2,3)10-7-6-8-11(15)12(10)14(9,4)5;1-10-13(2,3)11-8-6-7-9-12(11)14(10,4)5/h9,11,15H,6-8H2,1-5H3;6,8,10H,7,9H2,1-5H3. The Kier molecular flexibility index (Phi) is 5.61. The van der Waals surface area contributed by atoms with Crippen LogP contribution < -0.4 is 0 Å². The van der Waals surface area contributed by atoms with Crippen LogP contribution in [0.3, 0.4) is 0 Å². The van der Waals surface area contributed by atoms with E-state index in [-0.39, 0.29) is 16.9 Å². The maximum atomic E-state index is 10.2. The van der Waals surface area contributed by atoms with Crippen molar-refractivity contribution in [3.8, 4) is 0 Å². The highest BCUT2D eigenvalue weighted by molar-refractivity contribution is 5.44. The lowest BCUT2D eigenvalue weighted by Gasteiger charge is -2.35. The van der Waals surface area contributed by atoms with E-state index in [0.29, 0.717) is 16.7 Å². The molecule has 0 radical (unpaired) electrons. The van der Waals surface area contributed by atoms with E-state index < -0.39 is 0 Å². The second-order valence-electron chi connectivity index (χ2n) is 12.5. The lowest BCUT2D eigenvalue weighted by molar-refractivity contribution is 0.141. The minimum Gasteiger partial charge on any atom is -0.389 e. The molecule has 1 N–H and O–H groups in total. The lowest BCUT2D eigenvalue weighted by atomic mass is 9.69. The molecule has 0 amide bonds. The summed E-state index contributed by atoms with van der Waals surface area (Å²) in [7, 11) is 0. The summed E-state index contributed by atoms with van der Waals surface area (Å²) in [4.78, 5) is 0. The van der Waals surface area contributed by atoms with E-state index in [1.54, 1.807) is 16.7 Å². The van der Waals surface area contributed by atoms with E-state index in [9.17, 15) is 5.11 Å². The van der Waals surface area contributed by atoms with Gasteiger partial charge in [-0.15, -0.1) is 0 Å². The first-order valence-electron chi connectivity index (χ1n) is 12.0. The summed E-state index contributed by atoms with van der Waals surface area (Å²) >= 11 is 0. The van der Waals surface area contributed by atoms with Crippen LogP contribution in [0, 0.1) is 33.5 Å². The van der Waals surface area contributed by atoms with Crippen molar-refractivity contribution in [2.45, 2.75) is 107 Å². The molecule has 0 aliphatic heterocycles. The molecular weight excluding hydrogens is 352 g/mol. The second-order valence-corrected chi connectivity index (χ2v) is 12.5. The Morgan fingerprint density at radius 1 is 0.759 bits per heavy atom. The van der Waals surface area contributed by atoms with E-state index >= 15 is 0 Å². The van der Waals surface area contributed by atoms with Gasteiger partial charge < -0.3 is 5.11 Å². The Labute approximate surface area is 180 Å². The molecule has 3 atom stereocenters. The van der Waals surface area contributed by atoms with Gasteiger partial charge in [0.05, 0.1) is 6.10 Å². The van der Waals surface area contributed by atoms with E-state index in [4.69, 9.17) is 0 Å². The van der Waals surface area contributed by atoms with Gasteiger partial charge >= 0.3 is 0 Å². The zero-order chi connectivity index (χ0) is 22.0. The summed E-state index contributed by atoms with van der Waals surface area (Å²) in [5, 5.41) is 10.2. The average Bonchev–Trinajstić information content (AvgIpc) is 2.88. The summed E-state index contributed by atoms with van der Waals surface area (Å²) in [6, 6.07) is 0. The molecule has 0 bridgehead atoms. The second kappa shape index (κ2) is 7.11. The summed E-state index contributed by atoms with van der Waals surface area (Å²) in [5.41, 5.74) is 7.50. The van der Waals surface area contributed by atoms with Gasteiger partial charge in [-0.1, -0.05) is 92.5 Å². The topological polar surface area (TPSA) is 20.2 Å². The molecular formula is C28H46O. The average molecular weight is 399 g/mol. The largest absolute Gasteiger partial charge is 0.389 e. The lowest BCUT2D eigenvalue weighted by Crippen LogP contribution is -2.30. The van der Waals surface area contributed by atoms with Crippen molar-refractivity contribution in [2.75, 3.05) is 0 Å². The fourth-order valence-electron chi connectivity index (χ4n) is 7.17. The molecule has 1 heteroatoms. The van der Waals surface area contributed by atoms with Crippen LogP contribution >= 0.6 is 0 Å². The molecule has 0 spiro atoms. The first kappa shape index (κ1) is 22.9. The summed E-state index contributed by atoms with van der Waals surface area (Å²) in [6.45, 7) is 23.7. The van der Waals surface area contributed by atoms with Crippen molar-refractivity contribution in [3.05, 3.63) is 34.4 Å². The van der Waals surface area contributed by atoms with Crippen LogP contribution in [0.4, 0.5) is 0 Å². The highest BCUT2D eigenvalue weighted by Crippen LogP contribution is 2.61. The van der Waals surface area contributed by atoms with Gasteiger partial charge in [-0.2, -0.15) is 0 Å². The Morgan fingerprint density at radius 2 is 1.31 bits per heavy atom. The molecule has 0 aromatic rings. The third kappa shape index (κ3) is 3.31. The van der Waals surface area contributed by atoms with Crippen molar-refractivity contribution in [1.29, 1.82) is 0 Å². The van der Waals surface area contributed by atoms with Crippen molar-refractivity contribution < 1.29 is 5.11 Å². The van der Waals surface area contributed by atoms with Crippen LogP contribution in [0.15, 0.2) is 34.4 Å². The third-order valence-electron chi connectivity index (χ3n) is 10.0. The Hall–Kier alpha value is -0.820. The summed E-state index contributed by atoms with van der Waals surface area (Å²) < 4.78 is 0. The number of hydrogen-bond acceptors (Lipinski definition) is 1. The van der Waals surface area contributed by atoms with Gasteiger partial charge in [0.15, 0.2) is 0 Å². The van der Waals surface area contributed by atoms with Crippen molar-refractivity contribution in [1.82, 2.24) is 0 Å². The molecule has 4 aliphatic carbocycles. The minimum absolute atomic E-state index is 0.173. The van der Waals surface area contributed by atoms with Gasteiger partial charge in [-0.05, 0) is 76.7 Å². The third-order valence-corrected chi connectivity index (χ3v) is 10.0. The summed E-state index contributed by atoms with van der Waals surface area (Å²) in [6.07, 6.45) is 10.4. The summed E-state index contributed by atoms with van der Waals surface area (Å²) in [5.74, 6) is 1.38. The van der Waals surface area contributed by atoms with Crippen LogP contribution in [0.25, 0.3) is 0 Å². The van der Waals surface area contributed by atoms with Crippen molar-refractivity contribution in [2.24, 2.45) is 33.5 Å². The molecule has 29 heavy (non-hydrogen) atoms. The molecule has 164 valence electrons. The predicted molar refractivity (Wildman–Crippen MR) is 126 cm³/mol. The SMILES string of the molecule is CC1C(C)(C)C2=C(C(O)CCC2)C1(C)C.CC1C(C)(C)C2=C(CCC=C2)C1(C)C. The normalized spacial score (nSPS) is 35.8.